The van der Waals surface area contributed by atoms with Crippen molar-refractivity contribution in [2.75, 3.05) is 75.2 Å². The number of benzene rings is 2. The van der Waals surface area contributed by atoms with Crippen LogP contribution in [0.4, 0.5) is 23.5 Å². The van der Waals surface area contributed by atoms with Gasteiger partial charge in [0.15, 0.2) is 0 Å². The predicted molar refractivity (Wildman–Crippen MR) is 156 cm³/mol. The highest BCUT2D eigenvalue weighted by Crippen LogP contribution is 2.17. The number of hydrogen-bond donors (Lipinski definition) is 6. The number of ether oxygens (including phenoxy) is 2. The number of carbonyl (C=O) groups excluding carboxylic acids is 1. The van der Waals surface area contributed by atoms with Gasteiger partial charge in [0.2, 0.25) is 23.8 Å². The molecule has 0 unspecified atom stereocenters. The van der Waals surface area contributed by atoms with Gasteiger partial charge in [-0.3, -0.25) is 4.79 Å². The van der Waals surface area contributed by atoms with E-state index in [9.17, 15) is 4.79 Å². The van der Waals surface area contributed by atoms with Crippen molar-refractivity contribution >= 4 is 29.4 Å². The maximum Gasteiger partial charge on any atom is 0.233 e. The van der Waals surface area contributed by atoms with Crippen LogP contribution in [-0.2, 0) is 27.1 Å². The smallest absolute Gasteiger partial charge is 0.233 e. The fourth-order valence-corrected chi connectivity index (χ4v) is 3.58. The summed E-state index contributed by atoms with van der Waals surface area (Å²) in [7, 11) is 0. The van der Waals surface area contributed by atoms with Crippen molar-refractivity contribution in [1.29, 1.82) is 0 Å². The van der Waals surface area contributed by atoms with Crippen molar-refractivity contribution in [2.24, 2.45) is 5.73 Å². The Bertz CT molecular complexity index is 1120. The molecule has 1 amide bonds. The third-order valence-corrected chi connectivity index (χ3v) is 5.57. The molecule has 1 heterocycles. The maximum atomic E-state index is 12.2. The van der Waals surface area contributed by atoms with Crippen LogP contribution in [0.3, 0.4) is 0 Å². The largest absolute Gasteiger partial charge is 0.396 e. The molecule has 3 rings (SSSR count). The Hall–Kier alpha value is -3.84. The number of carbonyl (C=O) groups is 1. The van der Waals surface area contributed by atoms with Crippen LogP contribution in [-0.4, -0.2) is 85.2 Å². The Morgan fingerprint density at radius 3 is 2.15 bits per heavy atom. The number of rotatable bonds is 20. The van der Waals surface area contributed by atoms with E-state index >= 15 is 0 Å². The molecule has 0 aliphatic heterocycles. The van der Waals surface area contributed by atoms with Crippen LogP contribution in [0.25, 0.3) is 0 Å². The van der Waals surface area contributed by atoms with E-state index in [-0.39, 0.29) is 18.9 Å². The van der Waals surface area contributed by atoms with Gasteiger partial charge in [-0.25, -0.2) is 0 Å². The van der Waals surface area contributed by atoms with Gasteiger partial charge in [0.05, 0.1) is 32.8 Å². The van der Waals surface area contributed by atoms with Gasteiger partial charge in [-0.1, -0.05) is 42.5 Å². The Labute approximate surface area is 235 Å². The minimum absolute atomic E-state index is 0.0778. The van der Waals surface area contributed by atoms with E-state index in [0.29, 0.717) is 76.9 Å². The third kappa shape index (κ3) is 12.3. The van der Waals surface area contributed by atoms with Crippen molar-refractivity contribution < 1.29 is 19.4 Å². The lowest BCUT2D eigenvalue weighted by Crippen LogP contribution is -2.29. The lowest BCUT2D eigenvalue weighted by Gasteiger charge is -2.12. The number of aliphatic hydroxyl groups excluding tert-OH is 1. The average molecular weight is 553 g/mol. The van der Waals surface area contributed by atoms with Crippen molar-refractivity contribution in [2.45, 2.75) is 19.3 Å². The van der Waals surface area contributed by atoms with Crippen LogP contribution in [0, 0.1) is 0 Å². The SMILES string of the molecule is NCCOCCOCCNC(=O)Cc1ccc(Nc2nc(NCCCO)nc(NCCc3ccccc3)n2)cc1. The van der Waals surface area contributed by atoms with Crippen LogP contribution >= 0.6 is 0 Å². The molecule has 0 saturated heterocycles. The molecule has 0 radical (unpaired) electrons. The zero-order valence-electron chi connectivity index (χ0n) is 22.8. The molecule has 0 fully saturated rings. The summed E-state index contributed by atoms with van der Waals surface area (Å²) in [5.74, 6) is 1.16. The van der Waals surface area contributed by atoms with E-state index in [0.717, 1.165) is 17.7 Å². The first-order valence-electron chi connectivity index (χ1n) is 13.5. The monoisotopic (exact) mass is 552 g/mol. The predicted octanol–water partition coefficient (Wildman–Crippen LogP) is 1.71. The standard InChI is InChI=1S/C28H40N8O4/c29-12-17-39-19-20-40-18-15-30-25(38)21-23-7-9-24(10-8-23)33-28-35-26(31-13-4-16-37)34-27(36-28)32-14-11-22-5-2-1-3-6-22/h1-3,5-10,37H,4,11-21,29H2,(H,30,38)(H3,31,32,33,34,35,36). The quantitative estimate of drug-likeness (QED) is 0.113. The van der Waals surface area contributed by atoms with E-state index in [4.69, 9.17) is 20.3 Å². The van der Waals surface area contributed by atoms with Crippen LogP contribution in [0.2, 0.25) is 0 Å². The fourth-order valence-electron chi connectivity index (χ4n) is 3.58. The summed E-state index contributed by atoms with van der Waals surface area (Å²) in [6, 6.07) is 17.7. The number of anilines is 4. The molecule has 0 atom stereocenters. The van der Waals surface area contributed by atoms with Crippen molar-refractivity contribution in [1.82, 2.24) is 20.3 Å². The average Bonchev–Trinajstić information content (AvgIpc) is 2.96. The van der Waals surface area contributed by atoms with E-state index in [1.807, 2.05) is 42.5 Å². The first kappa shape index (κ1) is 30.7. The Balaban J connectivity index is 1.49. The van der Waals surface area contributed by atoms with Gasteiger partial charge < -0.3 is 41.6 Å². The molecular formula is C28H40N8O4. The highest BCUT2D eigenvalue weighted by molar-refractivity contribution is 5.78. The second kappa shape index (κ2) is 18.4. The van der Waals surface area contributed by atoms with Crippen LogP contribution < -0.4 is 27.0 Å². The minimum atomic E-state index is -0.0778. The van der Waals surface area contributed by atoms with Crippen molar-refractivity contribution in [3.8, 4) is 0 Å². The molecule has 0 spiro atoms. The maximum absolute atomic E-state index is 12.2. The summed E-state index contributed by atoms with van der Waals surface area (Å²) in [4.78, 5) is 25.6. The fraction of sp³-hybridized carbons (Fsp3) is 0.429. The minimum Gasteiger partial charge on any atom is -0.396 e. The number of hydrogen-bond acceptors (Lipinski definition) is 11. The normalized spacial score (nSPS) is 10.8. The molecule has 3 aromatic rings. The first-order valence-corrected chi connectivity index (χ1v) is 13.5. The molecule has 40 heavy (non-hydrogen) atoms. The molecule has 0 aliphatic carbocycles. The molecule has 12 nitrogen and oxygen atoms in total. The topological polar surface area (TPSA) is 169 Å². The molecular weight excluding hydrogens is 512 g/mol. The molecule has 0 aliphatic rings. The Kier molecular flexibility index (Phi) is 14.2. The molecule has 0 saturated carbocycles. The molecule has 7 N–H and O–H groups in total. The summed E-state index contributed by atoms with van der Waals surface area (Å²) in [6.07, 6.45) is 1.67. The van der Waals surface area contributed by atoms with E-state index in [1.165, 1.54) is 5.56 Å². The summed E-state index contributed by atoms with van der Waals surface area (Å²) in [5, 5.41) is 21.5. The number of nitrogens with one attached hydrogen (secondary N) is 4. The summed E-state index contributed by atoms with van der Waals surface area (Å²) < 4.78 is 10.6. The summed E-state index contributed by atoms with van der Waals surface area (Å²) in [5.41, 5.74) is 8.23. The molecule has 2 aromatic carbocycles. The van der Waals surface area contributed by atoms with Crippen molar-refractivity contribution in [3.05, 3.63) is 65.7 Å². The first-order chi connectivity index (χ1) is 19.7. The molecule has 216 valence electrons. The van der Waals surface area contributed by atoms with Crippen molar-refractivity contribution in [3.63, 3.8) is 0 Å². The van der Waals surface area contributed by atoms with Gasteiger partial charge >= 0.3 is 0 Å². The lowest BCUT2D eigenvalue weighted by atomic mass is 10.1. The Morgan fingerprint density at radius 2 is 1.45 bits per heavy atom. The van der Waals surface area contributed by atoms with E-state index in [1.54, 1.807) is 0 Å². The summed E-state index contributed by atoms with van der Waals surface area (Å²) >= 11 is 0. The Morgan fingerprint density at radius 1 is 0.775 bits per heavy atom. The molecule has 1 aromatic heterocycles. The van der Waals surface area contributed by atoms with Crippen LogP contribution in [0.5, 0.6) is 0 Å². The van der Waals surface area contributed by atoms with Gasteiger partial charge in [-0.15, -0.1) is 0 Å². The van der Waals surface area contributed by atoms with Crippen LogP contribution in [0.15, 0.2) is 54.6 Å². The van der Waals surface area contributed by atoms with Crippen LogP contribution in [0.1, 0.15) is 17.5 Å². The third-order valence-electron chi connectivity index (χ3n) is 5.57. The highest BCUT2D eigenvalue weighted by Gasteiger charge is 2.08. The molecule has 12 heteroatoms. The number of nitrogens with zero attached hydrogens (tertiary/aromatic N) is 3. The zero-order chi connectivity index (χ0) is 28.3. The molecule has 0 bridgehead atoms. The van der Waals surface area contributed by atoms with Gasteiger partial charge in [-0.2, -0.15) is 15.0 Å². The van der Waals surface area contributed by atoms with E-state index in [2.05, 4.69) is 48.4 Å². The second-order valence-corrected chi connectivity index (χ2v) is 8.83. The highest BCUT2D eigenvalue weighted by atomic mass is 16.5. The van der Waals surface area contributed by atoms with E-state index < -0.39 is 0 Å². The number of aromatic nitrogens is 3. The van der Waals surface area contributed by atoms with Gasteiger partial charge in [0, 0.05) is 38.5 Å². The lowest BCUT2D eigenvalue weighted by molar-refractivity contribution is -0.120. The van der Waals surface area contributed by atoms with Gasteiger partial charge in [0.1, 0.15) is 0 Å². The second-order valence-electron chi connectivity index (χ2n) is 8.83. The van der Waals surface area contributed by atoms with Gasteiger partial charge in [0.25, 0.3) is 0 Å². The number of aliphatic hydroxyl groups is 1. The van der Waals surface area contributed by atoms with Gasteiger partial charge in [-0.05, 0) is 36.1 Å². The number of nitrogens with two attached hydrogens (primary N) is 1. The zero-order valence-corrected chi connectivity index (χ0v) is 22.8. The number of amides is 1. The summed E-state index contributed by atoms with van der Waals surface area (Å²) in [6.45, 7) is 4.10.